The van der Waals surface area contributed by atoms with Gasteiger partial charge in [0.2, 0.25) is 5.91 Å². The number of carbonyl (C=O) groups is 1. The predicted octanol–water partition coefficient (Wildman–Crippen LogP) is 3.23. The Morgan fingerprint density at radius 2 is 2.28 bits per heavy atom. The lowest BCUT2D eigenvalue weighted by Crippen LogP contribution is -2.55. The highest BCUT2D eigenvalue weighted by atomic mass is 19.1. The molecule has 3 saturated carbocycles. The number of aryl methyl sites for hydroxylation is 1. The molecule has 3 fully saturated rings. The first kappa shape index (κ1) is 18.8. The molecule has 5 nitrogen and oxygen atoms in total. The quantitative estimate of drug-likeness (QED) is 0.778. The van der Waals surface area contributed by atoms with E-state index >= 15 is 0 Å². The van der Waals surface area contributed by atoms with Gasteiger partial charge in [-0.25, -0.2) is 4.39 Å². The van der Waals surface area contributed by atoms with Crippen LogP contribution >= 0.6 is 0 Å². The molecule has 1 amide bonds. The van der Waals surface area contributed by atoms with Crippen molar-refractivity contribution >= 4 is 5.91 Å². The number of carbonyl (C=O) groups excluding carboxylic acids is 1. The molecule has 3 unspecified atom stereocenters. The summed E-state index contributed by atoms with van der Waals surface area (Å²) in [5, 5.41) is 4.50. The lowest BCUT2D eigenvalue weighted by molar-refractivity contribution is -0.145. The molecular weight excluding hydrogens is 369 g/mol. The fourth-order valence-electron chi connectivity index (χ4n) is 6.12. The molecule has 3 aliphatic carbocycles. The number of fused-ring (bicyclic) bond motifs is 2. The van der Waals surface area contributed by atoms with Crippen LogP contribution in [-0.2, 0) is 34.5 Å². The van der Waals surface area contributed by atoms with Gasteiger partial charge in [0.05, 0.1) is 19.1 Å². The van der Waals surface area contributed by atoms with Crippen molar-refractivity contribution in [1.82, 2.24) is 14.7 Å². The number of ether oxygens (including phenoxy) is 1. The van der Waals surface area contributed by atoms with Crippen LogP contribution in [0.3, 0.4) is 0 Å². The molecular formula is C23H28FN3O2. The Bertz CT molecular complexity index is 952. The standard InChI is InChI=1S/C23H28FN3O2/c1-15-11-18(24)12-16-5-8-26(14-19(15)16)22(28)21-17-3-6-23(21,13-17)20-4-7-25-27(20)9-10-29-2/h4,7,11-12,17,21H,3,5-6,8-10,13-14H2,1-2H3. The number of rotatable bonds is 5. The van der Waals surface area contributed by atoms with Crippen LogP contribution in [0.4, 0.5) is 4.39 Å². The number of hydrogen-bond acceptors (Lipinski definition) is 3. The first-order valence-corrected chi connectivity index (χ1v) is 10.6. The molecule has 29 heavy (non-hydrogen) atoms. The fraction of sp³-hybridized carbons (Fsp3) is 0.565. The number of halogens is 1. The van der Waals surface area contributed by atoms with E-state index in [1.807, 2.05) is 22.7 Å². The van der Waals surface area contributed by atoms with E-state index in [4.69, 9.17) is 4.74 Å². The summed E-state index contributed by atoms with van der Waals surface area (Å²) >= 11 is 0. The second-order valence-corrected chi connectivity index (χ2v) is 8.94. The fourth-order valence-corrected chi connectivity index (χ4v) is 6.12. The van der Waals surface area contributed by atoms with E-state index in [2.05, 4.69) is 11.2 Å². The predicted molar refractivity (Wildman–Crippen MR) is 107 cm³/mol. The summed E-state index contributed by atoms with van der Waals surface area (Å²) in [5.74, 6) is 0.612. The van der Waals surface area contributed by atoms with Crippen LogP contribution in [0.25, 0.3) is 0 Å². The van der Waals surface area contributed by atoms with Gasteiger partial charge >= 0.3 is 0 Å². The third-order valence-corrected chi connectivity index (χ3v) is 7.50. The second kappa shape index (κ2) is 6.94. The summed E-state index contributed by atoms with van der Waals surface area (Å²) in [4.78, 5) is 15.7. The highest BCUT2D eigenvalue weighted by molar-refractivity contribution is 5.83. The molecule has 2 bridgehead atoms. The molecule has 1 aliphatic heterocycles. The van der Waals surface area contributed by atoms with E-state index in [0.29, 0.717) is 32.2 Å². The highest BCUT2D eigenvalue weighted by Gasteiger charge is 2.64. The van der Waals surface area contributed by atoms with Crippen molar-refractivity contribution in [3.05, 3.63) is 52.6 Å². The van der Waals surface area contributed by atoms with E-state index in [-0.39, 0.29) is 23.1 Å². The van der Waals surface area contributed by atoms with Gasteiger partial charge in [0.15, 0.2) is 0 Å². The molecule has 0 spiro atoms. The summed E-state index contributed by atoms with van der Waals surface area (Å²) in [6.07, 6.45) is 5.83. The average Bonchev–Trinajstić information content (AvgIpc) is 3.40. The summed E-state index contributed by atoms with van der Waals surface area (Å²) < 4.78 is 21.0. The number of benzene rings is 1. The third kappa shape index (κ3) is 2.83. The minimum atomic E-state index is -0.179. The Kier molecular flexibility index (Phi) is 4.50. The largest absolute Gasteiger partial charge is 0.383 e. The van der Waals surface area contributed by atoms with E-state index in [9.17, 15) is 9.18 Å². The molecule has 3 atom stereocenters. The van der Waals surface area contributed by atoms with Crippen molar-refractivity contribution in [3.8, 4) is 0 Å². The van der Waals surface area contributed by atoms with Gasteiger partial charge in [0, 0.05) is 37.5 Å². The van der Waals surface area contributed by atoms with Crippen molar-refractivity contribution in [3.63, 3.8) is 0 Å². The van der Waals surface area contributed by atoms with E-state index in [1.54, 1.807) is 19.2 Å². The Morgan fingerprint density at radius 3 is 3.07 bits per heavy atom. The molecule has 0 N–H and O–H groups in total. The maximum atomic E-state index is 13.7. The third-order valence-electron chi connectivity index (χ3n) is 7.50. The lowest BCUT2D eigenvalue weighted by atomic mass is 9.58. The number of nitrogens with zero attached hydrogens (tertiary/aromatic N) is 3. The SMILES string of the molecule is COCCn1nccc1C12CCC(C1)C2C(=O)N1CCc2cc(F)cc(C)c2C1. The van der Waals surface area contributed by atoms with Crippen LogP contribution < -0.4 is 0 Å². The van der Waals surface area contributed by atoms with E-state index in [1.165, 1.54) is 5.69 Å². The monoisotopic (exact) mass is 397 g/mol. The van der Waals surface area contributed by atoms with Crippen LogP contribution in [0.1, 0.15) is 41.6 Å². The first-order chi connectivity index (χ1) is 14.0. The first-order valence-electron chi connectivity index (χ1n) is 10.6. The molecule has 2 heterocycles. The zero-order valence-corrected chi connectivity index (χ0v) is 17.2. The molecule has 0 radical (unpaired) electrons. The zero-order valence-electron chi connectivity index (χ0n) is 17.2. The molecule has 0 saturated heterocycles. The molecule has 154 valence electrons. The van der Waals surface area contributed by atoms with Gasteiger partial charge in [-0.15, -0.1) is 0 Å². The van der Waals surface area contributed by atoms with Crippen LogP contribution in [-0.4, -0.2) is 40.8 Å². The molecule has 1 aromatic heterocycles. The minimum Gasteiger partial charge on any atom is -0.383 e. The molecule has 6 heteroatoms. The van der Waals surface area contributed by atoms with Crippen molar-refractivity contribution in [2.75, 3.05) is 20.3 Å². The van der Waals surface area contributed by atoms with Crippen LogP contribution in [0.5, 0.6) is 0 Å². The molecule has 2 aromatic rings. The zero-order chi connectivity index (χ0) is 20.2. The summed E-state index contributed by atoms with van der Waals surface area (Å²) in [5.41, 5.74) is 4.23. The van der Waals surface area contributed by atoms with Gasteiger partial charge in [-0.05, 0) is 73.4 Å². The smallest absolute Gasteiger partial charge is 0.227 e. The van der Waals surface area contributed by atoms with Gasteiger partial charge in [-0.1, -0.05) is 0 Å². The van der Waals surface area contributed by atoms with Crippen molar-refractivity contribution in [2.24, 2.45) is 11.8 Å². The number of aromatic nitrogens is 2. The van der Waals surface area contributed by atoms with Gasteiger partial charge in [0.25, 0.3) is 0 Å². The van der Waals surface area contributed by atoms with E-state index < -0.39 is 0 Å². The number of amides is 1. The average molecular weight is 397 g/mol. The normalized spacial score (nSPS) is 27.6. The molecule has 4 aliphatic rings. The Labute approximate surface area is 170 Å². The van der Waals surface area contributed by atoms with Crippen LogP contribution in [0.15, 0.2) is 24.4 Å². The van der Waals surface area contributed by atoms with Gasteiger partial charge in [-0.2, -0.15) is 5.10 Å². The highest BCUT2D eigenvalue weighted by Crippen LogP contribution is 2.64. The van der Waals surface area contributed by atoms with E-state index in [0.717, 1.165) is 42.4 Å². The van der Waals surface area contributed by atoms with Gasteiger partial charge in [-0.3, -0.25) is 9.48 Å². The Balaban J connectivity index is 1.40. The maximum absolute atomic E-state index is 13.7. The van der Waals surface area contributed by atoms with Gasteiger partial charge in [0.1, 0.15) is 5.82 Å². The number of hydrogen-bond donors (Lipinski definition) is 0. The molecule has 6 rings (SSSR count). The second-order valence-electron chi connectivity index (χ2n) is 8.94. The molecule has 1 aromatic carbocycles. The van der Waals surface area contributed by atoms with Crippen molar-refractivity contribution < 1.29 is 13.9 Å². The maximum Gasteiger partial charge on any atom is 0.227 e. The Morgan fingerprint density at radius 1 is 1.41 bits per heavy atom. The van der Waals surface area contributed by atoms with Gasteiger partial charge < -0.3 is 9.64 Å². The summed E-state index contributed by atoms with van der Waals surface area (Å²) in [7, 11) is 1.70. The number of methoxy groups -OCH3 is 1. The lowest BCUT2D eigenvalue weighted by Gasteiger charge is -2.48. The van der Waals surface area contributed by atoms with Crippen molar-refractivity contribution in [1.29, 1.82) is 0 Å². The topological polar surface area (TPSA) is 47.4 Å². The van der Waals surface area contributed by atoms with Crippen LogP contribution in [0, 0.1) is 24.6 Å². The minimum absolute atomic E-state index is 0.0443. The Hall–Kier alpha value is -2.21. The summed E-state index contributed by atoms with van der Waals surface area (Å²) in [6.45, 7) is 4.55. The van der Waals surface area contributed by atoms with Crippen molar-refractivity contribution in [2.45, 2.75) is 51.1 Å². The summed E-state index contributed by atoms with van der Waals surface area (Å²) in [6, 6.07) is 5.30. The van der Waals surface area contributed by atoms with Crippen LogP contribution in [0.2, 0.25) is 0 Å².